The monoisotopic (exact) mass is 763 g/mol. The molecule has 5 heteroatoms. The summed E-state index contributed by atoms with van der Waals surface area (Å²) in [5.41, 5.74) is 9.05. The van der Waals surface area contributed by atoms with Crippen LogP contribution in [-0.2, 0) is 0 Å². The molecule has 9 aromatic carbocycles. The number of furan rings is 2. The molecule has 0 aliphatic carbocycles. The predicted molar refractivity (Wildman–Crippen MR) is 244 cm³/mol. The molecule has 4 aromatic heterocycles. The molecule has 0 saturated heterocycles. The van der Waals surface area contributed by atoms with E-state index in [0.717, 1.165) is 61.3 Å². The Labute approximate surface area is 333 Å². The summed E-state index contributed by atoms with van der Waals surface area (Å²) >= 11 is 3.69. The van der Waals surface area contributed by atoms with Crippen LogP contribution in [0.4, 0.5) is 17.1 Å². The first-order valence-corrected chi connectivity index (χ1v) is 20.8. The van der Waals surface area contributed by atoms with Gasteiger partial charge in [0.1, 0.15) is 22.3 Å². The highest BCUT2D eigenvalue weighted by atomic mass is 32.1. The Morgan fingerprint density at radius 2 is 1.00 bits per heavy atom. The molecule has 3 nitrogen and oxygen atoms in total. The van der Waals surface area contributed by atoms with Gasteiger partial charge in [-0.1, -0.05) is 115 Å². The highest BCUT2D eigenvalue weighted by molar-refractivity contribution is 7.27. The molecule has 0 bridgehead atoms. The van der Waals surface area contributed by atoms with Crippen molar-refractivity contribution in [1.82, 2.24) is 0 Å². The van der Waals surface area contributed by atoms with Crippen molar-refractivity contribution in [3.63, 3.8) is 0 Å². The van der Waals surface area contributed by atoms with E-state index in [4.69, 9.17) is 8.83 Å². The Kier molecular flexibility index (Phi) is 6.48. The van der Waals surface area contributed by atoms with Gasteiger partial charge in [-0.3, -0.25) is 0 Å². The standard InChI is InChI=1S/C52H29NO2S2/c1-2-12-32-27-34(26-21-30(32)11-1)53(41-29-44-48(36-14-3-7-17-42(36)54-44)52-47(41)38-16-6-10-20-46(38)57-52)33-24-22-31(23-25-33)39-28-40-35-13-5-9-19-45(35)56-51(40)49-37-15-4-8-18-43(37)55-50(39)49/h1-29H. The SMILES string of the molecule is c1ccc2cc(N(c3ccc(-c4cc5c6ccccc6sc5c5c4oc4ccccc45)cc3)c3cc4oc5ccccc5c4c4sc5ccccc5c34)ccc2c1. The summed E-state index contributed by atoms with van der Waals surface area (Å²) in [6.07, 6.45) is 0. The molecular formula is C52H29NO2S2. The van der Waals surface area contributed by atoms with Gasteiger partial charge in [-0.05, 0) is 70.9 Å². The molecule has 0 radical (unpaired) electrons. The molecule has 0 aliphatic heterocycles. The second kappa shape index (κ2) is 11.8. The maximum Gasteiger partial charge on any atom is 0.144 e. The third-order valence-electron chi connectivity index (χ3n) is 11.6. The first kappa shape index (κ1) is 31.3. The summed E-state index contributed by atoms with van der Waals surface area (Å²) < 4.78 is 18.4. The van der Waals surface area contributed by atoms with Crippen molar-refractivity contribution >= 4 is 135 Å². The first-order chi connectivity index (χ1) is 28.2. The van der Waals surface area contributed by atoms with E-state index in [-0.39, 0.29) is 0 Å². The van der Waals surface area contributed by atoms with Crippen LogP contribution in [0.3, 0.4) is 0 Å². The maximum absolute atomic E-state index is 6.73. The minimum Gasteiger partial charge on any atom is -0.456 e. The van der Waals surface area contributed by atoms with Gasteiger partial charge in [-0.15, -0.1) is 22.7 Å². The van der Waals surface area contributed by atoms with E-state index in [1.807, 2.05) is 28.7 Å². The van der Waals surface area contributed by atoms with Crippen molar-refractivity contribution in [2.45, 2.75) is 0 Å². The second-order valence-corrected chi connectivity index (χ2v) is 16.9. The number of rotatable bonds is 4. The van der Waals surface area contributed by atoms with E-state index in [9.17, 15) is 0 Å². The Hall–Kier alpha value is -6.92. The zero-order valence-electron chi connectivity index (χ0n) is 30.3. The summed E-state index contributed by atoms with van der Waals surface area (Å²) in [4.78, 5) is 2.41. The fourth-order valence-corrected chi connectivity index (χ4v) is 11.6. The van der Waals surface area contributed by atoms with Crippen molar-refractivity contribution in [3.8, 4) is 11.1 Å². The Bertz CT molecular complexity index is 3770. The number of para-hydroxylation sites is 2. The van der Waals surface area contributed by atoms with E-state index >= 15 is 0 Å². The van der Waals surface area contributed by atoms with Crippen LogP contribution >= 0.6 is 22.7 Å². The fraction of sp³-hybridized carbons (Fsp3) is 0. The number of hydrogen-bond acceptors (Lipinski definition) is 5. The lowest BCUT2D eigenvalue weighted by Crippen LogP contribution is -2.10. The Morgan fingerprint density at radius 1 is 0.386 bits per heavy atom. The van der Waals surface area contributed by atoms with Gasteiger partial charge in [-0.2, -0.15) is 0 Å². The molecule has 4 heterocycles. The normalized spacial score (nSPS) is 12.2. The number of benzene rings is 9. The third kappa shape index (κ3) is 4.52. The summed E-state index contributed by atoms with van der Waals surface area (Å²) in [5.74, 6) is 0. The van der Waals surface area contributed by atoms with Crippen molar-refractivity contribution in [2.75, 3.05) is 4.90 Å². The van der Waals surface area contributed by atoms with Crippen LogP contribution in [-0.4, -0.2) is 0 Å². The van der Waals surface area contributed by atoms with Crippen LogP contribution in [0, 0.1) is 0 Å². The molecule has 13 rings (SSSR count). The number of nitrogens with zero attached hydrogens (tertiary/aromatic N) is 1. The predicted octanol–water partition coefficient (Wildman–Crippen LogP) is 16.5. The van der Waals surface area contributed by atoms with E-state index in [0.29, 0.717) is 0 Å². The van der Waals surface area contributed by atoms with Crippen LogP contribution in [0.2, 0.25) is 0 Å². The average Bonchev–Trinajstić information content (AvgIpc) is 4.03. The largest absolute Gasteiger partial charge is 0.456 e. The maximum atomic E-state index is 6.73. The van der Waals surface area contributed by atoms with Crippen molar-refractivity contribution < 1.29 is 8.83 Å². The molecule has 266 valence electrons. The fourth-order valence-electron chi connectivity index (χ4n) is 9.06. The van der Waals surface area contributed by atoms with Gasteiger partial charge in [0.15, 0.2) is 0 Å². The molecule has 0 atom stereocenters. The Balaban J connectivity index is 1.08. The van der Waals surface area contributed by atoms with Crippen molar-refractivity contribution in [3.05, 3.63) is 176 Å². The highest BCUT2D eigenvalue weighted by Crippen LogP contribution is 2.51. The molecule has 0 spiro atoms. The van der Waals surface area contributed by atoms with E-state index in [1.54, 1.807) is 0 Å². The topological polar surface area (TPSA) is 29.5 Å². The number of hydrogen-bond donors (Lipinski definition) is 0. The zero-order valence-corrected chi connectivity index (χ0v) is 32.0. The summed E-state index contributed by atoms with van der Waals surface area (Å²) in [5, 5.41) is 12.1. The van der Waals surface area contributed by atoms with Gasteiger partial charge >= 0.3 is 0 Å². The van der Waals surface area contributed by atoms with Gasteiger partial charge < -0.3 is 13.7 Å². The minimum atomic E-state index is 0.885. The molecule has 0 unspecified atom stereocenters. The molecule has 13 aromatic rings. The number of fused-ring (bicyclic) bond motifs is 15. The molecule has 57 heavy (non-hydrogen) atoms. The number of anilines is 3. The first-order valence-electron chi connectivity index (χ1n) is 19.2. The smallest absolute Gasteiger partial charge is 0.144 e. The van der Waals surface area contributed by atoms with Gasteiger partial charge in [0.05, 0.1) is 5.69 Å². The lowest BCUT2D eigenvalue weighted by molar-refractivity contribution is 0.669. The molecule has 0 amide bonds. The quantitative estimate of drug-likeness (QED) is 0.179. The molecule has 0 fully saturated rings. The van der Waals surface area contributed by atoms with E-state index < -0.39 is 0 Å². The summed E-state index contributed by atoms with van der Waals surface area (Å²) in [7, 11) is 0. The van der Waals surface area contributed by atoms with Crippen LogP contribution in [0.15, 0.2) is 185 Å². The van der Waals surface area contributed by atoms with Crippen LogP contribution in [0.25, 0.3) is 106 Å². The third-order valence-corrected chi connectivity index (χ3v) is 14.0. The summed E-state index contributed by atoms with van der Waals surface area (Å²) in [6, 6.07) is 63.3. The lowest BCUT2D eigenvalue weighted by atomic mass is 9.98. The molecular weight excluding hydrogens is 735 g/mol. The highest BCUT2D eigenvalue weighted by Gasteiger charge is 2.25. The molecule has 0 saturated carbocycles. The van der Waals surface area contributed by atoms with Gasteiger partial charge in [0.25, 0.3) is 0 Å². The molecule has 0 N–H and O–H groups in total. The van der Waals surface area contributed by atoms with Crippen LogP contribution < -0.4 is 4.90 Å². The molecule has 0 aliphatic rings. The van der Waals surface area contributed by atoms with Crippen LogP contribution in [0.5, 0.6) is 0 Å². The van der Waals surface area contributed by atoms with Gasteiger partial charge in [0, 0.05) is 84.9 Å². The lowest BCUT2D eigenvalue weighted by Gasteiger charge is -2.27. The van der Waals surface area contributed by atoms with Gasteiger partial charge in [0.2, 0.25) is 0 Å². The van der Waals surface area contributed by atoms with E-state index in [2.05, 4.69) is 175 Å². The van der Waals surface area contributed by atoms with Crippen molar-refractivity contribution in [2.24, 2.45) is 0 Å². The average molecular weight is 764 g/mol. The van der Waals surface area contributed by atoms with Crippen molar-refractivity contribution in [1.29, 1.82) is 0 Å². The minimum absolute atomic E-state index is 0.885. The van der Waals surface area contributed by atoms with Gasteiger partial charge in [-0.25, -0.2) is 0 Å². The zero-order chi connectivity index (χ0) is 37.2. The second-order valence-electron chi connectivity index (χ2n) is 14.8. The summed E-state index contributed by atoms with van der Waals surface area (Å²) in [6.45, 7) is 0. The number of thiophene rings is 2. The van der Waals surface area contributed by atoms with Crippen LogP contribution in [0.1, 0.15) is 0 Å². The Morgan fingerprint density at radius 3 is 1.81 bits per heavy atom. The van der Waals surface area contributed by atoms with E-state index in [1.165, 1.54) is 61.9 Å².